The Hall–Kier alpha value is -1.06. The highest BCUT2D eigenvalue weighted by Crippen LogP contribution is 2.32. The average molecular weight is 325 g/mol. The van der Waals surface area contributed by atoms with Crippen LogP contribution >= 0.6 is 12.4 Å². The van der Waals surface area contributed by atoms with Gasteiger partial charge in [0, 0.05) is 12.0 Å². The van der Waals surface area contributed by atoms with Gasteiger partial charge >= 0.3 is 0 Å². The molecule has 3 nitrogen and oxygen atoms in total. The molecule has 0 unspecified atom stereocenters. The van der Waals surface area contributed by atoms with Crippen molar-refractivity contribution < 1.29 is 4.79 Å². The van der Waals surface area contributed by atoms with E-state index in [2.05, 4.69) is 43.4 Å². The summed E-state index contributed by atoms with van der Waals surface area (Å²) in [6, 6.07) is 10.5. The Labute approximate surface area is 140 Å². The summed E-state index contributed by atoms with van der Waals surface area (Å²) in [5.74, 6) is 0.0298. The Morgan fingerprint density at radius 3 is 2.23 bits per heavy atom. The van der Waals surface area contributed by atoms with Gasteiger partial charge in [0.2, 0.25) is 5.91 Å². The van der Waals surface area contributed by atoms with Gasteiger partial charge in [-0.05, 0) is 31.2 Å². The van der Waals surface area contributed by atoms with Gasteiger partial charge in [0.15, 0.2) is 0 Å². The zero-order valence-corrected chi connectivity index (χ0v) is 14.5. The van der Waals surface area contributed by atoms with Crippen molar-refractivity contribution >= 4 is 18.3 Å². The highest BCUT2D eigenvalue weighted by Gasteiger charge is 2.38. The van der Waals surface area contributed by atoms with Gasteiger partial charge in [0.25, 0.3) is 0 Å². The molecule has 2 rings (SSSR count). The smallest absolute Gasteiger partial charge is 0.240 e. The summed E-state index contributed by atoms with van der Waals surface area (Å²) in [7, 11) is 0. The molecule has 4 heteroatoms. The van der Waals surface area contributed by atoms with Gasteiger partial charge < -0.3 is 11.1 Å². The van der Waals surface area contributed by atoms with E-state index in [4.69, 9.17) is 5.73 Å². The number of nitrogens with two attached hydrogens (primary N) is 1. The molecule has 0 aliphatic heterocycles. The quantitative estimate of drug-likeness (QED) is 0.840. The molecule has 1 fully saturated rings. The van der Waals surface area contributed by atoms with Gasteiger partial charge in [0.1, 0.15) is 0 Å². The van der Waals surface area contributed by atoms with Crippen molar-refractivity contribution in [3.8, 4) is 0 Å². The predicted molar refractivity (Wildman–Crippen MR) is 94.3 cm³/mol. The molecule has 0 heterocycles. The molecule has 1 aliphatic carbocycles. The zero-order chi connectivity index (χ0) is 15.3. The highest BCUT2D eigenvalue weighted by molar-refractivity contribution is 5.86. The van der Waals surface area contributed by atoms with E-state index in [9.17, 15) is 4.79 Å². The molecule has 1 aromatic carbocycles. The maximum Gasteiger partial charge on any atom is 0.240 e. The lowest BCUT2D eigenvalue weighted by molar-refractivity contribution is -0.126. The second kappa shape index (κ2) is 7.98. The summed E-state index contributed by atoms with van der Waals surface area (Å²) in [6.07, 6.45) is 5.77. The van der Waals surface area contributed by atoms with Crippen LogP contribution in [0.2, 0.25) is 0 Å². The van der Waals surface area contributed by atoms with Crippen molar-refractivity contribution in [3.63, 3.8) is 0 Å². The molecule has 22 heavy (non-hydrogen) atoms. The van der Waals surface area contributed by atoms with Crippen LogP contribution in [-0.2, 0) is 10.2 Å². The molecule has 1 aliphatic rings. The van der Waals surface area contributed by atoms with Crippen LogP contribution < -0.4 is 11.1 Å². The lowest BCUT2D eigenvalue weighted by atomic mass is 9.75. The first-order chi connectivity index (χ1) is 10.1. The molecule has 0 atom stereocenters. The number of nitrogens with one attached hydrogen (secondary N) is 1. The third-order valence-electron chi connectivity index (χ3n) is 5.28. The minimum absolute atomic E-state index is 0. The predicted octanol–water partition coefficient (Wildman–Crippen LogP) is 3.55. The average Bonchev–Trinajstić information content (AvgIpc) is 2.98. The Bertz CT molecular complexity index is 465. The first-order valence-corrected chi connectivity index (χ1v) is 8.19. The van der Waals surface area contributed by atoms with Crippen molar-refractivity contribution in [1.82, 2.24) is 5.32 Å². The molecule has 1 amide bonds. The molecule has 0 spiro atoms. The minimum Gasteiger partial charge on any atom is -0.354 e. The summed E-state index contributed by atoms with van der Waals surface area (Å²) in [6.45, 7) is 5.05. The summed E-state index contributed by atoms with van der Waals surface area (Å²) >= 11 is 0. The van der Waals surface area contributed by atoms with Gasteiger partial charge in [-0.2, -0.15) is 0 Å². The number of rotatable bonds is 6. The molecule has 0 radical (unpaired) electrons. The molecule has 0 bridgehead atoms. The topological polar surface area (TPSA) is 55.1 Å². The fourth-order valence-corrected chi connectivity index (χ4v) is 3.46. The fourth-order valence-electron chi connectivity index (χ4n) is 3.46. The SMILES string of the molecule is CCC(CC)(CNC(=O)C1(N)CCCC1)c1ccccc1.Cl. The van der Waals surface area contributed by atoms with Crippen LogP contribution in [0.3, 0.4) is 0 Å². The normalized spacial score (nSPS) is 16.9. The van der Waals surface area contributed by atoms with Crippen LogP contribution in [-0.4, -0.2) is 18.0 Å². The second-order valence-electron chi connectivity index (χ2n) is 6.40. The Morgan fingerprint density at radius 2 is 1.73 bits per heavy atom. The fraction of sp³-hybridized carbons (Fsp3) is 0.611. The van der Waals surface area contributed by atoms with Gasteiger partial charge in [-0.25, -0.2) is 0 Å². The Balaban J connectivity index is 0.00000242. The van der Waals surface area contributed by atoms with E-state index in [1.165, 1.54) is 5.56 Å². The van der Waals surface area contributed by atoms with E-state index in [1.807, 2.05) is 6.07 Å². The molecule has 3 N–H and O–H groups in total. The zero-order valence-electron chi connectivity index (χ0n) is 13.7. The Kier molecular flexibility index (Phi) is 6.89. The molecular formula is C18H29ClN2O. The van der Waals surface area contributed by atoms with Crippen molar-refractivity contribution in [3.05, 3.63) is 35.9 Å². The molecule has 1 saturated carbocycles. The second-order valence-corrected chi connectivity index (χ2v) is 6.40. The monoisotopic (exact) mass is 324 g/mol. The molecular weight excluding hydrogens is 296 g/mol. The van der Waals surface area contributed by atoms with Crippen LogP contribution in [0.1, 0.15) is 57.9 Å². The van der Waals surface area contributed by atoms with E-state index in [-0.39, 0.29) is 23.7 Å². The largest absolute Gasteiger partial charge is 0.354 e. The number of carbonyl (C=O) groups excluding carboxylic acids is 1. The third kappa shape index (κ3) is 3.82. The molecule has 0 aromatic heterocycles. The van der Waals surface area contributed by atoms with Gasteiger partial charge in [0.05, 0.1) is 5.54 Å². The van der Waals surface area contributed by atoms with Crippen LogP contribution in [0.25, 0.3) is 0 Å². The van der Waals surface area contributed by atoms with E-state index >= 15 is 0 Å². The molecule has 0 saturated heterocycles. The van der Waals surface area contributed by atoms with Crippen LogP contribution in [0, 0.1) is 0 Å². The van der Waals surface area contributed by atoms with E-state index < -0.39 is 5.54 Å². The highest BCUT2D eigenvalue weighted by atomic mass is 35.5. The maximum atomic E-state index is 12.4. The van der Waals surface area contributed by atoms with Gasteiger partial charge in [-0.15, -0.1) is 12.4 Å². The summed E-state index contributed by atoms with van der Waals surface area (Å²) in [5, 5.41) is 3.14. The van der Waals surface area contributed by atoms with Crippen molar-refractivity contribution in [2.24, 2.45) is 5.73 Å². The number of hydrogen-bond acceptors (Lipinski definition) is 2. The number of halogens is 1. The maximum absolute atomic E-state index is 12.4. The van der Waals surface area contributed by atoms with Crippen LogP contribution in [0.5, 0.6) is 0 Å². The lowest BCUT2D eigenvalue weighted by Crippen LogP contribution is -2.54. The number of benzene rings is 1. The minimum atomic E-state index is -0.635. The molecule has 124 valence electrons. The van der Waals surface area contributed by atoms with Gasteiger partial charge in [-0.3, -0.25) is 4.79 Å². The standard InChI is InChI=1S/C18H28N2O.ClH/c1-3-17(4-2,15-10-6-5-7-11-15)14-20-16(21)18(19)12-8-9-13-18;/h5-7,10-11H,3-4,8-9,12-14,19H2,1-2H3,(H,20,21);1H. The third-order valence-corrected chi connectivity index (χ3v) is 5.28. The van der Waals surface area contributed by atoms with E-state index in [1.54, 1.807) is 0 Å². The van der Waals surface area contributed by atoms with Crippen molar-refractivity contribution in [2.45, 2.75) is 63.3 Å². The summed E-state index contributed by atoms with van der Waals surface area (Å²) in [5.41, 5.74) is 6.91. The summed E-state index contributed by atoms with van der Waals surface area (Å²) in [4.78, 5) is 12.4. The van der Waals surface area contributed by atoms with Gasteiger partial charge in [-0.1, -0.05) is 57.0 Å². The number of carbonyl (C=O) groups is 1. The first-order valence-electron chi connectivity index (χ1n) is 8.19. The van der Waals surface area contributed by atoms with Crippen LogP contribution in [0.4, 0.5) is 0 Å². The van der Waals surface area contributed by atoms with Crippen molar-refractivity contribution in [2.75, 3.05) is 6.54 Å². The van der Waals surface area contributed by atoms with E-state index in [0.717, 1.165) is 38.5 Å². The van der Waals surface area contributed by atoms with E-state index in [0.29, 0.717) is 6.54 Å². The lowest BCUT2D eigenvalue weighted by Gasteiger charge is -2.34. The summed E-state index contributed by atoms with van der Waals surface area (Å²) < 4.78 is 0. The van der Waals surface area contributed by atoms with Crippen molar-refractivity contribution in [1.29, 1.82) is 0 Å². The number of hydrogen-bond donors (Lipinski definition) is 2. The Morgan fingerprint density at radius 1 is 1.18 bits per heavy atom. The van der Waals surface area contributed by atoms with Crippen LogP contribution in [0.15, 0.2) is 30.3 Å². The first kappa shape index (κ1) is 19.0. The number of amides is 1. The molecule has 1 aromatic rings.